The second-order valence-electron chi connectivity index (χ2n) is 8.97. The Morgan fingerprint density at radius 3 is 2.63 bits per heavy atom. The van der Waals surface area contributed by atoms with E-state index < -0.39 is 17.5 Å². The number of carbonyl (C=O) groups is 3. The highest BCUT2D eigenvalue weighted by atomic mass is 16.6. The summed E-state index contributed by atoms with van der Waals surface area (Å²) in [6.07, 6.45) is 3.89. The van der Waals surface area contributed by atoms with Crippen molar-refractivity contribution in [1.29, 1.82) is 0 Å². The van der Waals surface area contributed by atoms with Crippen LogP contribution >= 0.6 is 0 Å². The Balaban J connectivity index is 1.53. The number of nitrogens with zero attached hydrogens (tertiary/aromatic N) is 4. The van der Waals surface area contributed by atoms with Crippen LogP contribution in [0.15, 0.2) is 33.7 Å². The van der Waals surface area contributed by atoms with Crippen molar-refractivity contribution < 1.29 is 23.7 Å². The van der Waals surface area contributed by atoms with Crippen molar-refractivity contribution in [2.75, 3.05) is 38.0 Å². The van der Waals surface area contributed by atoms with E-state index in [2.05, 4.69) is 10.3 Å². The van der Waals surface area contributed by atoms with Crippen LogP contribution in [0.1, 0.15) is 49.6 Å². The number of hydrogen-bond donors (Lipinski definition) is 1. The fourth-order valence-electron chi connectivity index (χ4n) is 4.48. The monoisotopic (exact) mass is 483 g/mol. The SMILES string of the molecule is CC(=O)c1cc2cc(NC(C[N+](=O)[O-])=NC3CCCCN(CC(=O)N4CCCC4)C3=O)ccc2o1. The molecule has 2 aliphatic rings. The van der Waals surface area contributed by atoms with E-state index in [0.717, 1.165) is 25.7 Å². The number of anilines is 1. The van der Waals surface area contributed by atoms with E-state index >= 15 is 0 Å². The maximum absolute atomic E-state index is 13.2. The lowest BCUT2D eigenvalue weighted by Crippen LogP contribution is -2.45. The zero-order valence-electron chi connectivity index (χ0n) is 19.7. The molecular formula is C24H29N5O6. The molecule has 2 amide bonds. The van der Waals surface area contributed by atoms with Crippen LogP contribution in [-0.2, 0) is 9.59 Å². The summed E-state index contributed by atoms with van der Waals surface area (Å²) in [4.78, 5) is 56.0. The first-order chi connectivity index (χ1) is 16.8. The Morgan fingerprint density at radius 1 is 1.17 bits per heavy atom. The van der Waals surface area contributed by atoms with Crippen LogP contribution in [0.3, 0.4) is 0 Å². The number of ketones is 1. The van der Waals surface area contributed by atoms with Crippen molar-refractivity contribution in [3.05, 3.63) is 40.1 Å². The molecule has 0 spiro atoms. The first kappa shape index (κ1) is 24.4. The molecule has 11 nitrogen and oxygen atoms in total. The number of Topliss-reactive ketones (excluding diaryl/α,β-unsaturated/α-hetero) is 1. The first-order valence-electron chi connectivity index (χ1n) is 11.9. The zero-order valence-corrected chi connectivity index (χ0v) is 19.7. The lowest BCUT2D eigenvalue weighted by Gasteiger charge is -2.25. The van der Waals surface area contributed by atoms with E-state index in [9.17, 15) is 24.5 Å². The average molecular weight is 484 g/mol. The minimum Gasteiger partial charge on any atom is -0.453 e. The van der Waals surface area contributed by atoms with Gasteiger partial charge in [-0.25, -0.2) is 0 Å². The van der Waals surface area contributed by atoms with Gasteiger partial charge >= 0.3 is 0 Å². The van der Waals surface area contributed by atoms with E-state index in [1.165, 1.54) is 11.8 Å². The van der Waals surface area contributed by atoms with E-state index in [1.54, 1.807) is 29.2 Å². The van der Waals surface area contributed by atoms with E-state index in [1.807, 2.05) is 0 Å². The number of furan rings is 1. The van der Waals surface area contributed by atoms with Crippen LogP contribution in [0.2, 0.25) is 0 Å². The van der Waals surface area contributed by atoms with Gasteiger partial charge in [-0.05, 0) is 56.4 Å². The van der Waals surface area contributed by atoms with Gasteiger partial charge in [0.2, 0.25) is 11.8 Å². The second-order valence-corrected chi connectivity index (χ2v) is 8.97. The number of carbonyl (C=O) groups excluding carboxylic acids is 3. The molecule has 0 radical (unpaired) electrons. The number of fused-ring (bicyclic) bond motifs is 1. The molecule has 2 aliphatic heterocycles. The highest BCUT2D eigenvalue weighted by molar-refractivity contribution is 6.01. The fourth-order valence-corrected chi connectivity index (χ4v) is 4.48. The molecule has 1 aromatic heterocycles. The molecule has 1 aromatic carbocycles. The molecule has 3 heterocycles. The smallest absolute Gasteiger partial charge is 0.260 e. The summed E-state index contributed by atoms with van der Waals surface area (Å²) in [5, 5.41) is 15.0. The van der Waals surface area contributed by atoms with E-state index in [-0.39, 0.29) is 35.7 Å². The van der Waals surface area contributed by atoms with Crippen LogP contribution in [0.25, 0.3) is 11.0 Å². The van der Waals surface area contributed by atoms with Crippen molar-refractivity contribution in [2.45, 2.75) is 45.1 Å². The number of likely N-dealkylation sites (tertiary alicyclic amines) is 2. The van der Waals surface area contributed by atoms with Crippen LogP contribution < -0.4 is 5.32 Å². The highest BCUT2D eigenvalue weighted by Crippen LogP contribution is 2.24. The molecule has 186 valence electrons. The lowest BCUT2D eigenvalue weighted by molar-refractivity contribution is -0.463. The molecule has 4 rings (SSSR count). The fraction of sp³-hybridized carbons (Fsp3) is 0.500. The Kier molecular flexibility index (Phi) is 7.42. The van der Waals surface area contributed by atoms with Crippen molar-refractivity contribution in [2.24, 2.45) is 4.99 Å². The summed E-state index contributed by atoms with van der Waals surface area (Å²) in [6, 6.07) is 5.85. The number of nitro groups is 1. The number of aliphatic imine (C=N–C) groups is 1. The third-order valence-electron chi connectivity index (χ3n) is 6.28. The summed E-state index contributed by atoms with van der Waals surface area (Å²) in [5.41, 5.74) is 1.04. The maximum atomic E-state index is 13.2. The number of amidine groups is 1. The topological polar surface area (TPSA) is 138 Å². The average Bonchev–Trinajstić information content (AvgIpc) is 3.46. The van der Waals surface area contributed by atoms with Gasteiger partial charge in [0.1, 0.15) is 11.6 Å². The molecule has 2 fully saturated rings. The summed E-state index contributed by atoms with van der Waals surface area (Å²) < 4.78 is 5.49. The van der Waals surface area contributed by atoms with Crippen LogP contribution in [0, 0.1) is 10.1 Å². The Bertz CT molecular complexity index is 1170. The lowest BCUT2D eigenvalue weighted by atomic mass is 10.1. The minimum absolute atomic E-state index is 0.0124. The van der Waals surface area contributed by atoms with Gasteiger partial charge < -0.3 is 19.5 Å². The normalized spacial score (nSPS) is 19.2. The van der Waals surface area contributed by atoms with Gasteiger partial charge in [0, 0.05) is 42.6 Å². The standard InChI is InChI=1S/C24H29N5O6/c1-16(30)21-13-17-12-18(7-8-20(17)35-21)25-22(14-29(33)34)26-19-6-2-3-11-28(24(19)32)15-23(31)27-9-4-5-10-27/h7-8,12-13,19H,2-6,9-11,14-15H2,1H3,(H,25,26). The van der Waals surface area contributed by atoms with Crippen LogP contribution in [-0.4, -0.2) is 76.9 Å². The molecule has 2 saturated heterocycles. The van der Waals surface area contributed by atoms with Crippen molar-refractivity contribution in [3.63, 3.8) is 0 Å². The van der Waals surface area contributed by atoms with Gasteiger partial charge in [-0.3, -0.25) is 29.5 Å². The molecule has 35 heavy (non-hydrogen) atoms. The molecule has 2 aromatic rings. The maximum Gasteiger partial charge on any atom is 0.260 e. The highest BCUT2D eigenvalue weighted by Gasteiger charge is 2.30. The largest absolute Gasteiger partial charge is 0.453 e. The van der Waals surface area contributed by atoms with Gasteiger partial charge in [0.15, 0.2) is 17.4 Å². The van der Waals surface area contributed by atoms with Gasteiger partial charge in [0.25, 0.3) is 6.54 Å². The summed E-state index contributed by atoms with van der Waals surface area (Å²) in [6.45, 7) is 2.74. The van der Waals surface area contributed by atoms with Gasteiger partial charge in [0.05, 0.1) is 6.54 Å². The Labute approximate surface area is 202 Å². The number of nitrogens with one attached hydrogen (secondary N) is 1. The minimum atomic E-state index is -0.798. The molecule has 0 saturated carbocycles. The van der Waals surface area contributed by atoms with Crippen molar-refractivity contribution in [1.82, 2.24) is 9.80 Å². The molecule has 11 heteroatoms. The predicted octanol–water partition coefficient (Wildman–Crippen LogP) is 2.73. The molecular weight excluding hydrogens is 454 g/mol. The summed E-state index contributed by atoms with van der Waals surface area (Å²) in [5.74, 6) is -0.276. The van der Waals surface area contributed by atoms with Gasteiger partial charge in [-0.2, -0.15) is 0 Å². The van der Waals surface area contributed by atoms with Gasteiger partial charge in [-0.1, -0.05) is 0 Å². The van der Waals surface area contributed by atoms with E-state index in [4.69, 9.17) is 4.42 Å². The quantitative estimate of drug-likeness (QED) is 0.210. The summed E-state index contributed by atoms with van der Waals surface area (Å²) >= 11 is 0. The van der Waals surface area contributed by atoms with E-state index in [0.29, 0.717) is 42.7 Å². The number of amides is 2. The predicted molar refractivity (Wildman–Crippen MR) is 129 cm³/mol. The zero-order chi connectivity index (χ0) is 24.9. The van der Waals surface area contributed by atoms with Crippen LogP contribution in [0.5, 0.6) is 0 Å². The molecule has 0 aliphatic carbocycles. The Hall–Kier alpha value is -3.76. The number of rotatable bonds is 7. The Morgan fingerprint density at radius 2 is 1.91 bits per heavy atom. The molecule has 0 bridgehead atoms. The third-order valence-corrected chi connectivity index (χ3v) is 6.28. The third kappa shape index (κ3) is 6.03. The summed E-state index contributed by atoms with van der Waals surface area (Å²) in [7, 11) is 0. The second kappa shape index (κ2) is 10.7. The van der Waals surface area contributed by atoms with Crippen molar-refractivity contribution in [3.8, 4) is 0 Å². The number of benzene rings is 1. The molecule has 1 N–H and O–H groups in total. The first-order valence-corrected chi connectivity index (χ1v) is 11.9. The number of hydrogen-bond acceptors (Lipinski definition) is 7. The van der Waals surface area contributed by atoms with Gasteiger partial charge in [-0.15, -0.1) is 0 Å². The molecule has 1 unspecified atom stereocenters. The van der Waals surface area contributed by atoms with Crippen LogP contribution in [0.4, 0.5) is 5.69 Å². The molecule has 1 atom stereocenters. The van der Waals surface area contributed by atoms with Crippen molar-refractivity contribution >= 4 is 40.1 Å².